The van der Waals surface area contributed by atoms with Gasteiger partial charge in [-0.05, 0) is 55.8 Å². The molecule has 35 heavy (non-hydrogen) atoms. The quantitative estimate of drug-likeness (QED) is 0.512. The Morgan fingerprint density at radius 1 is 1.00 bits per heavy atom. The first-order valence-electron chi connectivity index (χ1n) is 11.7. The minimum Gasteiger partial charge on any atom is -0.494 e. The Balaban J connectivity index is 1.38. The van der Waals surface area contributed by atoms with Crippen molar-refractivity contribution >= 4 is 29.1 Å². The molecule has 0 aromatic heterocycles. The molecule has 0 saturated carbocycles. The average Bonchev–Trinajstić information content (AvgIpc) is 3.26. The van der Waals surface area contributed by atoms with Gasteiger partial charge in [0.25, 0.3) is 5.91 Å². The average molecular weight is 472 g/mol. The van der Waals surface area contributed by atoms with Crippen molar-refractivity contribution in [1.82, 2.24) is 5.32 Å². The number of hydrogen-bond donors (Lipinski definition) is 2. The molecule has 7 heteroatoms. The monoisotopic (exact) mass is 471 g/mol. The predicted molar refractivity (Wildman–Crippen MR) is 135 cm³/mol. The first-order chi connectivity index (χ1) is 16.9. The van der Waals surface area contributed by atoms with Crippen molar-refractivity contribution in [3.63, 3.8) is 0 Å². The molecule has 1 aliphatic rings. The van der Waals surface area contributed by atoms with E-state index in [2.05, 4.69) is 10.6 Å². The van der Waals surface area contributed by atoms with E-state index in [4.69, 9.17) is 4.74 Å². The van der Waals surface area contributed by atoms with Gasteiger partial charge in [-0.2, -0.15) is 0 Å². The summed E-state index contributed by atoms with van der Waals surface area (Å²) in [5.74, 6) is -0.376. The normalized spacial score (nSPS) is 15.1. The summed E-state index contributed by atoms with van der Waals surface area (Å²) < 4.78 is 5.44. The van der Waals surface area contributed by atoms with Crippen molar-refractivity contribution < 1.29 is 19.1 Å². The van der Waals surface area contributed by atoms with Crippen molar-refractivity contribution in [3.05, 3.63) is 89.5 Å². The summed E-state index contributed by atoms with van der Waals surface area (Å²) in [5, 5.41) is 5.76. The lowest BCUT2D eigenvalue weighted by Crippen LogP contribution is -2.29. The molecule has 3 amide bonds. The second kappa shape index (κ2) is 10.9. The number of nitrogens with one attached hydrogen (secondary N) is 2. The van der Waals surface area contributed by atoms with Crippen LogP contribution in [0.3, 0.4) is 0 Å². The molecule has 180 valence electrons. The molecule has 2 N–H and O–H groups in total. The molecule has 0 aliphatic carbocycles. The zero-order chi connectivity index (χ0) is 24.8. The SMILES string of the molecule is CCOc1ccc(CNC(=O)c2ccccc2NC(=O)[C@@H]2CC(=O)N(c3ccc(C)cc3)C2)cc1. The van der Waals surface area contributed by atoms with E-state index < -0.39 is 5.92 Å². The first kappa shape index (κ1) is 24.0. The summed E-state index contributed by atoms with van der Waals surface area (Å²) in [4.78, 5) is 40.1. The largest absolute Gasteiger partial charge is 0.494 e. The molecule has 3 aromatic rings. The van der Waals surface area contributed by atoms with Gasteiger partial charge in [0.2, 0.25) is 11.8 Å². The highest BCUT2D eigenvalue weighted by Gasteiger charge is 2.35. The number of nitrogens with zero attached hydrogens (tertiary/aromatic N) is 1. The third-order valence-electron chi connectivity index (χ3n) is 5.96. The fourth-order valence-electron chi connectivity index (χ4n) is 4.03. The second-order valence-corrected chi connectivity index (χ2v) is 8.54. The van der Waals surface area contributed by atoms with Crippen molar-refractivity contribution in [2.75, 3.05) is 23.4 Å². The van der Waals surface area contributed by atoms with Crippen molar-refractivity contribution in [3.8, 4) is 5.75 Å². The van der Waals surface area contributed by atoms with Gasteiger partial charge in [-0.25, -0.2) is 0 Å². The molecule has 1 saturated heterocycles. The molecular weight excluding hydrogens is 442 g/mol. The fraction of sp³-hybridized carbons (Fsp3) is 0.250. The molecule has 4 rings (SSSR count). The van der Waals surface area contributed by atoms with Gasteiger partial charge in [0, 0.05) is 25.2 Å². The second-order valence-electron chi connectivity index (χ2n) is 8.54. The Kier molecular flexibility index (Phi) is 7.45. The Hall–Kier alpha value is -4.13. The van der Waals surface area contributed by atoms with Crippen molar-refractivity contribution in [1.29, 1.82) is 0 Å². The summed E-state index contributed by atoms with van der Waals surface area (Å²) in [7, 11) is 0. The number of aryl methyl sites for hydroxylation is 1. The maximum Gasteiger partial charge on any atom is 0.253 e. The van der Waals surface area contributed by atoms with Gasteiger partial charge >= 0.3 is 0 Å². The molecule has 1 aliphatic heterocycles. The smallest absolute Gasteiger partial charge is 0.253 e. The maximum atomic E-state index is 13.0. The zero-order valence-electron chi connectivity index (χ0n) is 19.9. The molecule has 7 nitrogen and oxygen atoms in total. The van der Waals surface area contributed by atoms with Crippen LogP contribution in [0.15, 0.2) is 72.8 Å². The Labute approximate surface area is 205 Å². The van der Waals surface area contributed by atoms with E-state index in [1.807, 2.05) is 62.4 Å². The van der Waals surface area contributed by atoms with E-state index in [-0.39, 0.29) is 24.1 Å². The molecule has 0 unspecified atom stereocenters. The van der Waals surface area contributed by atoms with Crippen LogP contribution in [0.25, 0.3) is 0 Å². The number of amides is 3. The number of carbonyl (C=O) groups is 3. The number of para-hydroxylation sites is 1. The Bertz CT molecular complexity index is 1210. The summed E-state index contributed by atoms with van der Waals surface area (Å²) in [6, 6.07) is 22.1. The van der Waals surface area contributed by atoms with E-state index in [9.17, 15) is 14.4 Å². The van der Waals surface area contributed by atoms with Gasteiger partial charge < -0.3 is 20.3 Å². The van der Waals surface area contributed by atoms with Crippen LogP contribution in [0.2, 0.25) is 0 Å². The van der Waals surface area contributed by atoms with Crippen LogP contribution >= 0.6 is 0 Å². The third-order valence-corrected chi connectivity index (χ3v) is 5.96. The lowest BCUT2D eigenvalue weighted by molar-refractivity contribution is -0.122. The topological polar surface area (TPSA) is 87.7 Å². The van der Waals surface area contributed by atoms with Gasteiger partial charge in [0.05, 0.1) is 23.8 Å². The summed E-state index contributed by atoms with van der Waals surface area (Å²) >= 11 is 0. The van der Waals surface area contributed by atoms with Gasteiger partial charge in [0.15, 0.2) is 0 Å². The summed E-state index contributed by atoms with van der Waals surface area (Å²) in [6.45, 7) is 5.15. The van der Waals surface area contributed by atoms with Gasteiger partial charge in [-0.3, -0.25) is 14.4 Å². The standard InChI is InChI=1S/C28H29N3O4/c1-3-35-23-14-10-20(11-15-23)17-29-28(34)24-6-4-5-7-25(24)30-27(33)21-16-26(32)31(18-21)22-12-8-19(2)9-13-22/h4-15,21H,3,16-18H2,1-2H3,(H,29,34)(H,30,33)/t21-/m1/s1. The Morgan fingerprint density at radius 3 is 2.43 bits per heavy atom. The van der Waals surface area contributed by atoms with Gasteiger partial charge in [-0.15, -0.1) is 0 Å². The highest BCUT2D eigenvalue weighted by atomic mass is 16.5. The van der Waals surface area contributed by atoms with E-state index in [1.54, 1.807) is 29.2 Å². The number of rotatable bonds is 8. The summed E-state index contributed by atoms with van der Waals surface area (Å²) in [5.41, 5.74) is 3.61. The van der Waals surface area contributed by atoms with Crippen LogP contribution in [0.1, 0.15) is 34.8 Å². The predicted octanol–water partition coefficient (Wildman–Crippen LogP) is 4.32. The van der Waals surface area contributed by atoms with E-state index in [0.717, 1.165) is 22.6 Å². The van der Waals surface area contributed by atoms with Crippen LogP contribution in [0, 0.1) is 12.8 Å². The minimum absolute atomic E-state index is 0.0876. The van der Waals surface area contributed by atoms with Gasteiger partial charge in [0.1, 0.15) is 5.75 Å². The number of ether oxygens (including phenoxy) is 1. The maximum absolute atomic E-state index is 13.0. The van der Waals surface area contributed by atoms with Crippen LogP contribution in [0.4, 0.5) is 11.4 Å². The molecule has 0 bridgehead atoms. The molecule has 1 heterocycles. The Morgan fingerprint density at radius 2 is 1.71 bits per heavy atom. The molecule has 1 atom stereocenters. The van der Waals surface area contributed by atoms with Crippen LogP contribution < -0.4 is 20.3 Å². The highest BCUT2D eigenvalue weighted by Crippen LogP contribution is 2.27. The van der Waals surface area contributed by atoms with E-state index in [1.165, 1.54) is 0 Å². The minimum atomic E-state index is -0.497. The van der Waals surface area contributed by atoms with Crippen LogP contribution in [0.5, 0.6) is 5.75 Å². The first-order valence-corrected chi connectivity index (χ1v) is 11.7. The van der Waals surface area contributed by atoms with Gasteiger partial charge in [-0.1, -0.05) is 42.0 Å². The van der Waals surface area contributed by atoms with Crippen molar-refractivity contribution in [2.45, 2.75) is 26.8 Å². The van der Waals surface area contributed by atoms with Crippen molar-refractivity contribution in [2.24, 2.45) is 5.92 Å². The molecule has 3 aromatic carbocycles. The van der Waals surface area contributed by atoms with Crippen LogP contribution in [-0.4, -0.2) is 30.9 Å². The number of anilines is 2. The number of benzene rings is 3. The lowest BCUT2D eigenvalue weighted by Gasteiger charge is -2.17. The molecule has 0 radical (unpaired) electrons. The summed E-state index contributed by atoms with van der Waals surface area (Å²) in [6.07, 6.45) is 0.131. The van der Waals surface area contributed by atoms with Crippen LogP contribution in [-0.2, 0) is 16.1 Å². The highest BCUT2D eigenvalue weighted by molar-refractivity contribution is 6.07. The molecule has 0 spiro atoms. The molecular formula is C28H29N3O4. The third kappa shape index (κ3) is 5.87. The van der Waals surface area contributed by atoms with E-state index in [0.29, 0.717) is 30.9 Å². The zero-order valence-corrected chi connectivity index (χ0v) is 19.9. The lowest BCUT2D eigenvalue weighted by atomic mass is 10.1. The number of hydrogen-bond acceptors (Lipinski definition) is 4. The number of carbonyl (C=O) groups excluding carboxylic acids is 3. The van der Waals surface area contributed by atoms with E-state index >= 15 is 0 Å². The fourth-order valence-corrected chi connectivity index (χ4v) is 4.03. The molecule has 1 fully saturated rings.